The number of rotatable bonds is 5. The fraction of sp³-hybridized carbons (Fsp3) is 0.467. The Morgan fingerprint density at radius 3 is 3.00 bits per heavy atom. The van der Waals surface area contributed by atoms with E-state index >= 15 is 0 Å². The summed E-state index contributed by atoms with van der Waals surface area (Å²) in [7, 11) is 0. The van der Waals surface area contributed by atoms with Gasteiger partial charge in [0.25, 0.3) is 0 Å². The summed E-state index contributed by atoms with van der Waals surface area (Å²) >= 11 is 0. The van der Waals surface area contributed by atoms with Crippen LogP contribution in [-0.4, -0.2) is 40.7 Å². The first-order chi connectivity index (χ1) is 10.8. The molecule has 0 radical (unpaired) electrons. The lowest BCUT2D eigenvalue weighted by molar-refractivity contribution is 0.0910. The Labute approximate surface area is 128 Å². The molecule has 0 saturated carbocycles. The predicted octanol–water partition coefficient (Wildman–Crippen LogP) is 1.87. The summed E-state index contributed by atoms with van der Waals surface area (Å²) in [4.78, 5) is 22.6. The summed E-state index contributed by atoms with van der Waals surface area (Å²) in [6.07, 6.45) is 4.97. The SMILES string of the molecule is CCCNC(=O)c1nc(-c2ccnc(N3CCCC3)c2)no1. The number of hydrogen-bond acceptors (Lipinski definition) is 6. The highest BCUT2D eigenvalue weighted by Gasteiger charge is 2.18. The van der Waals surface area contributed by atoms with Gasteiger partial charge in [-0.15, -0.1) is 0 Å². The highest BCUT2D eigenvalue weighted by molar-refractivity contribution is 5.89. The van der Waals surface area contributed by atoms with Gasteiger partial charge in [-0.3, -0.25) is 4.79 Å². The zero-order valence-corrected chi connectivity index (χ0v) is 12.6. The van der Waals surface area contributed by atoms with E-state index in [4.69, 9.17) is 4.52 Å². The highest BCUT2D eigenvalue weighted by Crippen LogP contribution is 2.23. The summed E-state index contributed by atoms with van der Waals surface area (Å²) in [5, 5.41) is 6.60. The van der Waals surface area contributed by atoms with Gasteiger partial charge in [-0.25, -0.2) is 4.98 Å². The molecule has 3 heterocycles. The fourth-order valence-electron chi connectivity index (χ4n) is 2.42. The van der Waals surface area contributed by atoms with Crippen LogP contribution in [0.15, 0.2) is 22.9 Å². The van der Waals surface area contributed by atoms with Crippen LogP contribution in [0.25, 0.3) is 11.4 Å². The van der Waals surface area contributed by atoms with Crippen molar-refractivity contribution >= 4 is 11.7 Å². The van der Waals surface area contributed by atoms with Gasteiger partial charge in [0.05, 0.1) is 0 Å². The molecule has 0 aromatic carbocycles. The quantitative estimate of drug-likeness (QED) is 0.907. The van der Waals surface area contributed by atoms with Crippen molar-refractivity contribution in [2.24, 2.45) is 0 Å². The molecule has 0 spiro atoms. The van der Waals surface area contributed by atoms with E-state index in [2.05, 4.69) is 25.3 Å². The Morgan fingerprint density at radius 2 is 2.23 bits per heavy atom. The predicted molar refractivity (Wildman–Crippen MR) is 81.6 cm³/mol. The number of pyridine rings is 1. The van der Waals surface area contributed by atoms with E-state index < -0.39 is 0 Å². The van der Waals surface area contributed by atoms with Gasteiger partial charge >= 0.3 is 11.8 Å². The molecule has 2 aromatic rings. The third-order valence-electron chi connectivity index (χ3n) is 3.59. The van der Waals surface area contributed by atoms with Crippen molar-refractivity contribution in [3.8, 4) is 11.4 Å². The van der Waals surface area contributed by atoms with Gasteiger partial charge in [0, 0.05) is 31.4 Å². The molecule has 1 aliphatic heterocycles. The minimum atomic E-state index is -0.338. The van der Waals surface area contributed by atoms with E-state index in [0.717, 1.165) is 30.9 Å². The monoisotopic (exact) mass is 301 g/mol. The molecule has 1 fully saturated rings. The lowest BCUT2D eigenvalue weighted by Gasteiger charge is -2.16. The third kappa shape index (κ3) is 3.08. The van der Waals surface area contributed by atoms with Crippen molar-refractivity contribution in [3.63, 3.8) is 0 Å². The number of anilines is 1. The van der Waals surface area contributed by atoms with E-state index in [1.165, 1.54) is 12.8 Å². The van der Waals surface area contributed by atoms with Gasteiger partial charge in [-0.2, -0.15) is 4.98 Å². The van der Waals surface area contributed by atoms with E-state index in [9.17, 15) is 4.79 Å². The van der Waals surface area contributed by atoms with Crippen LogP contribution in [0.2, 0.25) is 0 Å². The van der Waals surface area contributed by atoms with Gasteiger partial charge in [0.2, 0.25) is 5.82 Å². The van der Waals surface area contributed by atoms with E-state index in [1.807, 2.05) is 19.1 Å². The summed E-state index contributed by atoms with van der Waals surface area (Å²) in [6, 6.07) is 3.75. The van der Waals surface area contributed by atoms with E-state index in [-0.39, 0.29) is 11.8 Å². The number of amides is 1. The van der Waals surface area contributed by atoms with Crippen LogP contribution in [0.3, 0.4) is 0 Å². The number of carbonyl (C=O) groups is 1. The Kier molecular flexibility index (Phi) is 4.32. The van der Waals surface area contributed by atoms with Crippen LogP contribution in [0.1, 0.15) is 36.9 Å². The standard InChI is InChI=1S/C15H19N5O2/c1-2-6-17-14(21)15-18-13(19-22-15)11-5-7-16-12(10-11)20-8-3-4-9-20/h5,7,10H,2-4,6,8-9H2,1H3,(H,17,21). The highest BCUT2D eigenvalue weighted by atomic mass is 16.5. The van der Waals surface area contributed by atoms with Crippen molar-refractivity contribution in [1.29, 1.82) is 0 Å². The molecule has 1 amide bonds. The third-order valence-corrected chi connectivity index (χ3v) is 3.59. The van der Waals surface area contributed by atoms with Crippen molar-refractivity contribution < 1.29 is 9.32 Å². The molecule has 7 heteroatoms. The summed E-state index contributed by atoms with van der Waals surface area (Å²) in [5.41, 5.74) is 0.801. The maximum atomic E-state index is 11.8. The van der Waals surface area contributed by atoms with Gasteiger partial charge in [-0.1, -0.05) is 12.1 Å². The first-order valence-electron chi connectivity index (χ1n) is 7.61. The molecule has 7 nitrogen and oxygen atoms in total. The zero-order valence-electron chi connectivity index (χ0n) is 12.6. The lowest BCUT2D eigenvalue weighted by Crippen LogP contribution is -2.24. The average molecular weight is 301 g/mol. The molecule has 0 aliphatic carbocycles. The van der Waals surface area contributed by atoms with Crippen molar-refractivity contribution in [3.05, 3.63) is 24.2 Å². The zero-order chi connectivity index (χ0) is 15.4. The molecule has 3 rings (SSSR count). The second-order valence-corrected chi connectivity index (χ2v) is 5.28. The Morgan fingerprint density at radius 1 is 1.41 bits per heavy atom. The summed E-state index contributed by atoms with van der Waals surface area (Å²) in [6.45, 7) is 4.61. The Hall–Kier alpha value is -2.44. The number of aromatic nitrogens is 3. The van der Waals surface area contributed by atoms with E-state index in [0.29, 0.717) is 12.4 Å². The minimum Gasteiger partial charge on any atom is -0.357 e. The van der Waals surface area contributed by atoms with Crippen LogP contribution in [0, 0.1) is 0 Å². The molecule has 22 heavy (non-hydrogen) atoms. The molecule has 2 aromatic heterocycles. The Balaban J connectivity index is 1.78. The van der Waals surface area contributed by atoms with Crippen LogP contribution >= 0.6 is 0 Å². The van der Waals surface area contributed by atoms with Gasteiger partial charge < -0.3 is 14.7 Å². The maximum absolute atomic E-state index is 11.8. The first-order valence-corrected chi connectivity index (χ1v) is 7.61. The van der Waals surface area contributed by atoms with Gasteiger partial charge in [-0.05, 0) is 31.4 Å². The molecular formula is C15H19N5O2. The molecule has 1 aliphatic rings. The lowest BCUT2D eigenvalue weighted by atomic mass is 10.2. The van der Waals surface area contributed by atoms with Crippen molar-refractivity contribution in [2.45, 2.75) is 26.2 Å². The maximum Gasteiger partial charge on any atom is 0.316 e. The van der Waals surface area contributed by atoms with Crippen molar-refractivity contribution in [1.82, 2.24) is 20.4 Å². The molecule has 1 saturated heterocycles. The number of nitrogens with one attached hydrogen (secondary N) is 1. The van der Waals surface area contributed by atoms with Crippen molar-refractivity contribution in [2.75, 3.05) is 24.5 Å². The largest absolute Gasteiger partial charge is 0.357 e. The van der Waals surface area contributed by atoms with Crippen LogP contribution in [0.4, 0.5) is 5.82 Å². The topological polar surface area (TPSA) is 84.2 Å². The molecule has 0 unspecified atom stereocenters. The first kappa shape index (κ1) is 14.5. The molecule has 1 N–H and O–H groups in total. The second-order valence-electron chi connectivity index (χ2n) is 5.28. The molecule has 0 bridgehead atoms. The average Bonchev–Trinajstić information content (AvgIpc) is 3.24. The molecular weight excluding hydrogens is 282 g/mol. The van der Waals surface area contributed by atoms with Crippen LogP contribution in [0.5, 0.6) is 0 Å². The molecule has 116 valence electrons. The summed E-state index contributed by atoms with van der Waals surface area (Å²) < 4.78 is 5.04. The van der Waals surface area contributed by atoms with Crippen LogP contribution < -0.4 is 10.2 Å². The van der Waals surface area contributed by atoms with Gasteiger partial charge in [0.15, 0.2) is 0 Å². The molecule has 0 atom stereocenters. The summed E-state index contributed by atoms with van der Waals surface area (Å²) in [5.74, 6) is 0.971. The second kappa shape index (κ2) is 6.55. The number of hydrogen-bond donors (Lipinski definition) is 1. The minimum absolute atomic E-state index is 0.0111. The van der Waals surface area contributed by atoms with E-state index in [1.54, 1.807) is 6.20 Å². The normalized spacial score (nSPS) is 14.3. The number of nitrogens with zero attached hydrogens (tertiary/aromatic N) is 4. The smallest absolute Gasteiger partial charge is 0.316 e. The Bertz CT molecular complexity index is 649. The number of carbonyl (C=O) groups excluding carboxylic acids is 1. The fourth-order valence-corrected chi connectivity index (χ4v) is 2.42. The van der Waals surface area contributed by atoms with Gasteiger partial charge in [0.1, 0.15) is 5.82 Å². The van der Waals surface area contributed by atoms with Crippen LogP contribution in [-0.2, 0) is 0 Å².